The van der Waals surface area contributed by atoms with Gasteiger partial charge in [-0.2, -0.15) is 5.10 Å². The molecule has 1 fully saturated rings. The highest BCUT2D eigenvalue weighted by atomic mass is 19.1. The number of aryl methyl sites for hydroxylation is 2. The summed E-state index contributed by atoms with van der Waals surface area (Å²) in [6, 6.07) is 4.71. The van der Waals surface area contributed by atoms with Crippen molar-refractivity contribution in [1.29, 1.82) is 0 Å². The highest BCUT2D eigenvalue weighted by molar-refractivity contribution is 6.03. The Morgan fingerprint density at radius 2 is 2.08 bits per heavy atom. The van der Waals surface area contributed by atoms with Gasteiger partial charge in [0, 0.05) is 32.1 Å². The molecule has 8 heteroatoms. The first-order valence-corrected chi connectivity index (χ1v) is 7.42. The van der Waals surface area contributed by atoms with E-state index in [2.05, 4.69) is 10.4 Å². The van der Waals surface area contributed by atoms with Crippen LogP contribution in [0.5, 0.6) is 0 Å². The van der Waals surface area contributed by atoms with Crippen molar-refractivity contribution in [1.82, 2.24) is 9.78 Å². The van der Waals surface area contributed by atoms with Crippen LogP contribution < -0.4 is 10.2 Å². The average Bonchev–Trinajstić information content (AvgIpc) is 3.02. The molecule has 0 unspecified atom stereocenters. The second-order valence-corrected chi connectivity index (χ2v) is 5.78. The summed E-state index contributed by atoms with van der Waals surface area (Å²) < 4.78 is 28.4. The number of hydrogen-bond acceptors (Lipinski definition) is 3. The lowest BCUT2D eigenvalue weighted by Gasteiger charge is -2.17. The van der Waals surface area contributed by atoms with Gasteiger partial charge in [0.15, 0.2) is 0 Å². The Morgan fingerprint density at radius 3 is 2.71 bits per heavy atom. The number of amides is 2. The van der Waals surface area contributed by atoms with Crippen molar-refractivity contribution < 1.29 is 18.4 Å². The second-order valence-electron chi connectivity index (χ2n) is 5.78. The Labute approximate surface area is 137 Å². The molecule has 1 aliphatic rings. The van der Waals surface area contributed by atoms with Crippen molar-refractivity contribution in [3.8, 4) is 0 Å². The molecule has 2 heterocycles. The van der Waals surface area contributed by atoms with Crippen molar-refractivity contribution in [3.63, 3.8) is 0 Å². The van der Waals surface area contributed by atoms with Crippen LogP contribution in [-0.4, -0.2) is 28.1 Å². The van der Waals surface area contributed by atoms with Gasteiger partial charge in [-0.05, 0) is 19.1 Å². The molecule has 2 aromatic rings. The average molecular weight is 334 g/mol. The topological polar surface area (TPSA) is 67.2 Å². The molecule has 126 valence electrons. The maximum atomic E-state index is 13.9. The van der Waals surface area contributed by atoms with Gasteiger partial charge in [0.2, 0.25) is 11.8 Å². The van der Waals surface area contributed by atoms with Crippen LogP contribution in [0.4, 0.5) is 20.3 Å². The van der Waals surface area contributed by atoms with Crippen molar-refractivity contribution in [3.05, 3.63) is 41.6 Å². The summed E-state index contributed by atoms with van der Waals surface area (Å²) in [5, 5.41) is 6.85. The molecule has 1 saturated heterocycles. The van der Waals surface area contributed by atoms with E-state index in [0.717, 1.165) is 11.8 Å². The number of benzene rings is 1. The van der Waals surface area contributed by atoms with E-state index >= 15 is 0 Å². The lowest BCUT2D eigenvalue weighted by Crippen LogP contribution is -2.29. The fraction of sp³-hybridized carbons (Fsp3) is 0.312. The van der Waals surface area contributed by atoms with Gasteiger partial charge >= 0.3 is 0 Å². The Balaban J connectivity index is 1.74. The third-order valence-electron chi connectivity index (χ3n) is 3.95. The summed E-state index contributed by atoms with van der Waals surface area (Å²) in [4.78, 5) is 25.6. The molecule has 1 aromatic carbocycles. The molecule has 0 spiro atoms. The summed E-state index contributed by atoms with van der Waals surface area (Å²) in [7, 11) is 1.70. The van der Waals surface area contributed by atoms with E-state index in [-0.39, 0.29) is 30.5 Å². The van der Waals surface area contributed by atoms with E-state index in [1.165, 1.54) is 15.6 Å². The van der Waals surface area contributed by atoms with E-state index in [9.17, 15) is 18.4 Å². The Morgan fingerprint density at radius 1 is 1.33 bits per heavy atom. The number of hydrogen-bond donors (Lipinski definition) is 1. The van der Waals surface area contributed by atoms with Gasteiger partial charge in [0.25, 0.3) is 0 Å². The van der Waals surface area contributed by atoms with Gasteiger partial charge in [-0.1, -0.05) is 0 Å². The van der Waals surface area contributed by atoms with Gasteiger partial charge in [-0.3, -0.25) is 14.3 Å². The fourth-order valence-electron chi connectivity index (χ4n) is 2.77. The Hall–Kier alpha value is -2.77. The first-order valence-electron chi connectivity index (χ1n) is 7.42. The Bertz CT molecular complexity index is 818. The van der Waals surface area contributed by atoms with E-state index < -0.39 is 17.6 Å². The van der Waals surface area contributed by atoms with Gasteiger partial charge in [-0.25, -0.2) is 8.78 Å². The predicted octanol–water partition coefficient (Wildman–Crippen LogP) is 2.00. The Kier molecular flexibility index (Phi) is 4.04. The highest BCUT2D eigenvalue weighted by Gasteiger charge is 2.36. The number of carbonyl (C=O) groups is 2. The minimum absolute atomic E-state index is 0.0203. The van der Waals surface area contributed by atoms with Crippen molar-refractivity contribution in [2.75, 3.05) is 16.8 Å². The van der Waals surface area contributed by atoms with E-state index in [1.54, 1.807) is 20.0 Å². The quantitative estimate of drug-likeness (QED) is 0.933. The zero-order valence-corrected chi connectivity index (χ0v) is 13.2. The van der Waals surface area contributed by atoms with Crippen molar-refractivity contribution in [2.45, 2.75) is 13.3 Å². The largest absolute Gasteiger partial charge is 0.311 e. The summed E-state index contributed by atoms with van der Waals surface area (Å²) in [6.45, 7) is 1.85. The number of halogens is 2. The monoisotopic (exact) mass is 334 g/mol. The van der Waals surface area contributed by atoms with Gasteiger partial charge < -0.3 is 10.2 Å². The summed E-state index contributed by atoms with van der Waals surface area (Å²) in [5.74, 6) is -2.35. The highest BCUT2D eigenvalue weighted by Crippen LogP contribution is 2.28. The molecule has 24 heavy (non-hydrogen) atoms. The van der Waals surface area contributed by atoms with Crippen LogP contribution >= 0.6 is 0 Å². The maximum absolute atomic E-state index is 13.9. The van der Waals surface area contributed by atoms with E-state index in [0.29, 0.717) is 11.9 Å². The molecule has 1 aromatic heterocycles. The molecular weight excluding hydrogens is 318 g/mol. The SMILES string of the molecule is Cc1cc(NC(=O)[C@@H]2CC(=O)N(c3ccc(F)cc3F)C2)n(C)n1. The predicted molar refractivity (Wildman–Crippen MR) is 83.4 cm³/mol. The third-order valence-corrected chi connectivity index (χ3v) is 3.95. The molecule has 0 aliphatic carbocycles. The number of nitrogens with one attached hydrogen (secondary N) is 1. The zero-order valence-electron chi connectivity index (χ0n) is 13.2. The van der Waals surface area contributed by atoms with E-state index in [1.807, 2.05) is 0 Å². The molecular formula is C16H16F2N4O2. The molecule has 0 radical (unpaired) electrons. The van der Waals surface area contributed by atoms with Crippen LogP contribution in [0.25, 0.3) is 0 Å². The lowest BCUT2D eigenvalue weighted by molar-refractivity contribution is -0.122. The number of nitrogens with zero attached hydrogens (tertiary/aromatic N) is 3. The van der Waals surface area contributed by atoms with Gasteiger partial charge in [0.05, 0.1) is 17.3 Å². The first-order chi connectivity index (χ1) is 11.3. The van der Waals surface area contributed by atoms with Crippen LogP contribution in [0.2, 0.25) is 0 Å². The van der Waals surface area contributed by atoms with Crippen LogP contribution in [0, 0.1) is 24.5 Å². The summed E-state index contributed by atoms with van der Waals surface area (Å²) in [6.07, 6.45) is -0.0283. The molecule has 1 atom stereocenters. The molecule has 1 aliphatic heterocycles. The molecule has 6 nitrogen and oxygen atoms in total. The molecule has 2 amide bonds. The molecule has 1 N–H and O–H groups in total. The lowest BCUT2D eigenvalue weighted by atomic mass is 10.1. The molecule has 0 bridgehead atoms. The number of aromatic nitrogens is 2. The normalized spacial score (nSPS) is 17.4. The van der Waals surface area contributed by atoms with Crippen LogP contribution in [-0.2, 0) is 16.6 Å². The van der Waals surface area contributed by atoms with Crippen LogP contribution in [0.1, 0.15) is 12.1 Å². The smallest absolute Gasteiger partial charge is 0.230 e. The summed E-state index contributed by atoms with van der Waals surface area (Å²) in [5.41, 5.74) is 0.735. The fourth-order valence-corrected chi connectivity index (χ4v) is 2.77. The first kappa shape index (κ1) is 16.1. The van der Waals surface area contributed by atoms with Crippen molar-refractivity contribution in [2.24, 2.45) is 13.0 Å². The standard InChI is InChI=1S/C16H16F2N4O2/c1-9-5-14(21(2)20-9)19-16(24)10-6-15(23)22(8-10)13-4-3-11(17)7-12(13)18/h3-5,7,10H,6,8H2,1-2H3,(H,19,24)/t10-/m1/s1. The van der Waals surface area contributed by atoms with Gasteiger partial charge in [-0.15, -0.1) is 0 Å². The zero-order chi connectivity index (χ0) is 17.4. The van der Waals surface area contributed by atoms with E-state index in [4.69, 9.17) is 0 Å². The molecule has 0 saturated carbocycles. The summed E-state index contributed by atoms with van der Waals surface area (Å²) >= 11 is 0. The van der Waals surface area contributed by atoms with Crippen LogP contribution in [0.3, 0.4) is 0 Å². The number of rotatable bonds is 3. The van der Waals surface area contributed by atoms with Gasteiger partial charge in [0.1, 0.15) is 17.5 Å². The number of anilines is 2. The van der Waals surface area contributed by atoms with Crippen LogP contribution in [0.15, 0.2) is 24.3 Å². The maximum Gasteiger partial charge on any atom is 0.230 e. The minimum Gasteiger partial charge on any atom is -0.311 e. The third kappa shape index (κ3) is 2.99. The molecule has 3 rings (SSSR count). The minimum atomic E-state index is -0.827. The number of carbonyl (C=O) groups excluding carboxylic acids is 2. The second kappa shape index (κ2) is 6.03. The van der Waals surface area contributed by atoms with Crippen molar-refractivity contribution >= 4 is 23.3 Å².